The molecule has 2 aromatic carbocycles. The van der Waals surface area contributed by atoms with Crippen LogP contribution >= 0.6 is 0 Å². The molecule has 7 heteroatoms. The third kappa shape index (κ3) is 5.11. The molecule has 158 valence electrons. The van der Waals surface area contributed by atoms with Crippen molar-refractivity contribution in [2.75, 3.05) is 25.1 Å². The van der Waals surface area contributed by atoms with E-state index in [-0.39, 0.29) is 12.5 Å². The number of anilines is 1. The summed E-state index contributed by atoms with van der Waals surface area (Å²) in [6, 6.07) is 11.9. The van der Waals surface area contributed by atoms with Gasteiger partial charge >= 0.3 is 5.63 Å². The molecule has 0 aliphatic rings. The average molecular weight is 411 g/mol. The molecule has 0 radical (unpaired) electrons. The zero-order valence-corrected chi connectivity index (χ0v) is 17.3. The molecule has 0 fully saturated rings. The lowest BCUT2D eigenvalue weighted by Gasteiger charge is -2.13. The summed E-state index contributed by atoms with van der Waals surface area (Å²) in [4.78, 5) is 24.0. The largest absolute Gasteiger partial charge is 0.490 e. The topological polar surface area (TPSA) is 87.0 Å². The zero-order valence-electron chi connectivity index (χ0n) is 17.3. The van der Waals surface area contributed by atoms with Crippen molar-refractivity contribution in [3.8, 4) is 17.2 Å². The fourth-order valence-electron chi connectivity index (χ4n) is 3.07. The molecule has 0 unspecified atom stereocenters. The minimum absolute atomic E-state index is 0.194. The molecule has 1 N–H and O–H groups in total. The molecule has 0 saturated carbocycles. The lowest BCUT2D eigenvalue weighted by atomic mass is 10.1. The van der Waals surface area contributed by atoms with Crippen LogP contribution in [0.2, 0.25) is 0 Å². The average Bonchev–Trinajstić information content (AvgIpc) is 2.73. The van der Waals surface area contributed by atoms with E-state index in [2.05, 4.69) is 5.32 Å². The van der Waals surface area contributed by atoms with Crippen molar-refractivity contribution >= 4 is 22.6 Å². The van der Waals surface area contributed by atoms with Crippen LogP contribution in [0.3, 0.4) is 0 Å². The highest BCUT2D eigenvalue weighted by molar-refractivity contribution is 5.92. The number of hydrogen-bond donors (Lipinski definition) is 1. The van der Waals surface area contributed by atoms with Crippen molar-refractivity contribution in [2.24, 2.45) is 0 Å². The first-order chi connectivity index (χ1) is 14.5. The van der Waals surface area contributed by atoms with Crippen molar-refractivity contribution in [1.29, 1.82) is 0 Å². The normalized spacial score (nSPS) is 10.6. The maximum atomic E-state index is 12.3. The standard InChI is InChI=1S/C23H25NO6/c1-4-15-11-23(26)30-20-13-17(8-9-18(15)20)29-14-22(25)24-16-7-10-19(27-5-2)21(12-16)28-6-3/h7-13H,4-6,14H2,1-3H3,(H,24,25). The summed E-state index contributed by atoms with van der Waals surface area (Å²) in [5.41, 5.74) is 1.51. The molecule has 1 amide bonds. The van der Waals surface area contributed by atoms with Crippen LogP contribution in [0.25, 0.3) is 11.0 Å². The monoisotopic (exact) mass is 411 g/mol. The van der Waals surface area contributed by atoms with Gasteiger partial charge in [0.1, 0.15) is 11.3 Å². The molecular formula is C23H25NO6. The second-order valence-electron chi connectivity index (χ2n) is 6.47. The fraction of sp³-hybridized carbons (Fsp3) is 0.304. The highest BCUT2D eigenvalue weighted by Crippen LogP contribution is 2.30. The van der Waals surface area contributed by atoms with Gasteiger partial charge in [-0.3, -0.25) is 4.79 Å². The van der Waals surface area contributed by atoms with Crippen molar-refractivity contribution in [3.05, 3.63) is 58.4 Å². The number of aryl methyl sites for hydroxylation is 1. The summed E-state index contributed by atoms with van der Waals surface area (Å²) in [5.74, 6) is 1.30. The maximum Gasteiger partial charge on any atom is 0.336 e. The Morgan fingerprint density at radius 2 is 1.70 bits per heavy atom. The van der Waals surface area contributed by atoms with Gasteiger partial charge < -0.3 is 23.9 Å². The van der Waals surface area contributed by atoms with E-state index in [0.29, 0.717) is 41.7 Å². The third-order valence-electron chi connectivity index (χ3n) is 4.38. The van der Waals surface area contributed by atoms with E-state index >= 15 is 0 Å². The molecule has 0 atom stereocenters. The first-order valence-corrected chi connectivity index (χ1v) is 9.93. The number of rotatable bonds is 9. The Morgan fingerprint density at radius 3 is 2.43 bits per heavy atom. The first-order valence-electron chi connectivity index (χ1n) is 9.93. The number of benzene rings is 2. The third-order valence-corrected chi connectivity index (χ3v) is 4.38. The Labute approximate surface area is 174 Å². The second-order valence-corrected chi connectivity index (χ2v) is 6.47. The van der Waals surface area contributed by atoms with E-state index in [9.17, 15) is 9.59 Å². The predicted molar refractivity (Wildman–Crippen MR) is 115 cm³/mol. The van der Waals surface area contributed by atoms with Gasteiger partial charge in [-0.05, 0) is 50.1 Å². The van der Waals surface area contributed by atoms with Crippen LogP contribution in [0, 0.1) is 0 Å². The Morgan fingerprint density at radius 1 is 0.933 bits per heavy atom. The SMILES string of the molecule is CCOc1ccc(NC(=O)COc2ccc3c(CC)cc(=O)oc3c2)cc1OCC. The predicted octanol–water partition coefficient (Wildman–Crippen LogP) is 4.17. The van der Waals surface area contributed by atoms with Crippen molar-refractivity contribution in [1.82, 2.24) is 0 Å². The van der Waals surface area contributed by atoms with E-state index in [0.717, 1.165) is 17.4 Å². The fourth-order valence-corrected chi connectivity index (χ4v) is 3.07. The van der Waals surface area contributed by atoms with Crippen LogP contribution in [-0.2, 0) is 11.2 Å². The summed E-state index contributed by atoms with van der Waals surface area (Å²) < 4.78 is 21.9. The summed E-state index contributed by atoms with van der Waals surface area (Å²) in [5, 5.41) is 3.63. The van der Waals surface area contributed by atoms with E-state index in [1.807, 2.05) is 26.8 Å². The Hall–Kier alpha value is -3.48. The van der Waals surface area contributed by atoms with Gasteiger partial charge in [-0.2, -0.15) is 0 Å². The molecule has 0 bridgehead atoms. The van der Waals surface area contributed by atoms with Gasteiger partial charge in [0, 0.05) is 29.3 Å². The number of hydrogen-bond acceptors (Lipinski definition) is 6. The van der Waals surface area contributed by atoms with Crippen LogP contribution in [0.15, 0.2) is 51.7 Å². The van der Waals surface area contributed by atoms with Gasteiger partial charge in [-0.25, -0.2) is 4.79 Å². The number of amides is 1. The van der Waals surface area contributed by atoms with Gasteiger partial charge in [-0.1, -0.05) is 6.92 Å². The molecule has 3 rings (SSSR count). The highest BCUT2D eigenvalue weighted by Gasteiger charge is 2.10. The molecule has 1 heterocycles. The summed E-state index contributed by atoms with van der Waals surface area (Å²) in [6.07, 6.45) is 0.719. The van der Waals surface area contributed by atoms with E-state index in [1.54, 1.807) is 30.3 Å². The van der Waals surface area contributed by atoms with Gasteiger partial charge in [-0.15, -0.1) is 0 Å². The number of ether oxygens (including phenoxy) is 3. The quantitative estimate of drug-likeness (QED) is 0.532. The molecular weight excluding hydrogens is 386 g/mol. The number of carbonyl (C=O) groups excluding carboxylic acids is 1. The Kier molecular flexibility index (Phi) is 6.95. The molecule has 1 aromatic heterocycles. The highest BCUT2D eigenvalue weighted by atomic mass is 16.5. The number of carbonyl (C=O) groups is 1. The van der Waals surface area contributed by atoms with E-state index in [4.69, 9.17) is 18.6 Å². The Balaban J connectivity index is 1.67. The summed E-state index contributed by atoms with van der Waals surface area (Å²) in [7, 11) is 0. The van der Waals surface area contributed by atoms with Crippen molar-refractivity contribution in [3.63, 3.8) is 0 Å². The lowest BCUT2D eigenvalue weighted by Crippen LogP contribution is -2.20. The van der Waals surface area contributed by atoms with Crippen molar-refractivity contribution in [2.45, 2.75) is 27.2 Å². The summed E-state index contributed by atoms with van der Waals surface area (Å²) >= 11 is 0. The zero-order chi connectivity index (χ0) is 21.5. The van der Waals surface area contributed by atoms with Crippen LogP contribution < -0.4 is 25.2 Å². The summed E-state index contributed by atoms with van der Waals surface area (Å²) in [6.45, 7) is 6.55. The second kappa shape index (κ2) is 9.82. The van der Waals surface area contributed by atoms with Crippen molar-refractivity contribution < 1.29 is 23.4 Å². The smallest absolute Gasteiger partial charge is 0.336 e. The Bertz CT molecular complexity index is 1090. The molecule has 0 spiro atoms. The van der Waals surface area contributed by atoms with Crippen LogP contribution in [0.1, 0.15) is 26.3 Å². The molecule has 0 aliphatic carbocycles. The maximum absolute atomic E-state index is 12.3. The molecule has 0 saturated heterocycles. The molecule has 3 aromatic rings. The molecule has 30 heavy (non-hydrogen) atoms. The van der Waals surface area contributed by atoms with Gasteiger partial charge in [0.25, 0.3) is 5.91 Å². The molecule has 0 aliphatic heterocycles. The number of nitrogens with one attached hydrogen (secondary N) is 1. The molecule has 7 nitrogen and oxygen atoms in total. The van der Waals surface area contributed by atoms with E-state index < -0.39 is 5.63 Å². The van der Waals surface area contributed by atoms with Crippen LogP contribution in [-0.4, -0.2) is 25.7 Å². The van der Waals surface area contributed by atoms with Crippen LogP contribution in [0.4, 0.5) is 5.69 Å². The lowest BCUT2D eigenvalue weighted by molar-refractivity contribution is -0.118. The van der Waals surface area contributed by atoms with Crippen LogP contribution in [0.5, 0.6) is 17.2 Å². The van der Waals surface area contributed by atoms with Gasteiger partial charge in [0.15, 0.2) is 18.1 Å². The minimum Gasteiger partial charge on any atom is -0.490 e. The van der Waals surface area contributed by atoms with Gasteiger partial charge in [0.2, 0.25) is 0 Å². The number of fused-ring (bicyclic) bond motifs is 1. The van der Waals surface area contributed by atoms with Gasteiger partial charge in [0.05, 0.1) is 13.2 Å². The van der Waals surface area contributed by atoms with E-state index in [1.165, 1.54) is 6.07 Å². The first kappa shape index (κ1) is 21.2. The minimum atomic E-state index is -0.408.